The number of pyridine rings is 1. The van der Waals surface area contributed by atoms with E-state index in [0.29, 0.717) is 22.0 Å². The lowest BCUT2D eigenvalue weighted by Crippen LogP contribution is -2.19. The Morgan fingerprint density at radius 3 is 2.60 bits per heavy atom. The lowest BCUT2D eigenvalue weighted by Gasteiger charge is -2.11. The van der Waals surface area contributed by atoms with Crippen LogP contribution in [0.5, 0.6) is 0 Å². The lowest BCUT2D eigenvalue weighted by atomic mass is 10.0. The number of hydrogen-bond donors (Lipinski definition) is 1. The predicted octanol–water partition coefficient (Wildman–Crippen LogP) is 3.32. The van der Waals surface area contributed by atoms with Crippen molar-refractivity contribution < 1.29 is 18.0 Å². The Balaban J connectivity index is 1.78. The van der Waals surface area contributed by atoms with Gasteiger partial charge in [-0.3, -0.25) is 9.78 Å². The van der Waals surface area contributed by atoms with Crippen LogP contribution in [0.15, 0.2) is 52.8 Å². The molecule has 0 bridgehead atoms. The molecule has 25 heavy (non-hydrogen) atoms. The summed E-state index contributed by atoms with van der Waals surface area (Å²) < 4.78 is 39.1. The van der Waals surface area contributed by atoms with E-state index < -0.39 is 11.7 Å². The second-order valence-corrected chi connectivity index (χ2v) is 5.97. The summed E-state index contributed by atoms with van der Waals surface area (Å²) in [5, 5.41) is 10.7. The van der Waals surface area contributed by atoms with E-state index in [1.807, 2.05) is 0 Å². The number of nitrogens with one attached hydrogen (secondary N) is 1. The number of nitrogens with zero attached hydrogens (tertiary/aromatic N) is 3. The van der Waals surface area contributed by atoms with Gasteiger partial charge in [0.1, 0.15) is 0 Å². The van der Waals surface area contributed by atoms with Crippen LogP contribution in [-0.4, -0.2) is 28.0 Å². The normalized spacial score (nSPS) is 16.6. The Bertz CT molecular complexity index is 847. The summed E-state index contributed by atoms with van der Waals surface area (Å²) in [6.07, 6.45) is -1.70. The quantitative estimate of drug-likeness (QED) is 0.671. The minimum Gasteiger partial charge on any atom is -0.303 e. The standard InChI is InChI=1S/C16H11F3N4OS/c17-16(18,19)12-2-1-7-20-14(12)11-5-3-10(4-6-11)8-21-23-15-22-13(24)9-25-15/h1-8H,9H2,(H,22,23,24). The smallest absolute Gasteiger partial charge is 0.303 e. The van der Waals surface area contributed by atoms with Gasteiger partial charge in [-0.05, 0) is 17.7 Å². The molecule has 1 N–H and O–H groups in total. The summed E-state index contributed by atoms with van der Waals surface area (Å²) in [6, 6.07) is 8.58. The molecule has 3 rings (SSSR count). The Morgan fingerprint density at radius 2 is 1.96 bits per heavy atom. The maximum absolute atomic E-state index is 13.0. The molecule has 1 aromatic carbocycles. The van der Waals surface area contributed by atoms with Gasteiger partial charge in [0, 0.05) is 11.8 Å². The maximum atomic E-state index is 13.0. The molecule has 1 aromatic heterocycles. The molecule has 128 valence electrons. The highest BCUT2D eigenvalue weighted by Crippen LogP contribution is 2.35. The largest absolute Gasteiger partial charge is 0.418 e. The number of carbonyl (C=O) groups is 1. The van der Waals surface area contributed by atoms with E-state index in [0.717, 1.165) is 6.07 Å². The first-order valence-corrected chi connectivity index (χ1v) is 8.08. The fourth-order valence-electron chi connectivity index (χ4n) is 2.12. The van der Waals surface area contributed by atoms with Crippen LogP contribution in [-0.2, 0) is 11.0 Å². The van der Waals surface area contributed by atoms with Crippen molar-refractivity contribution in [3.8, 4) is 11.3 Å². The number of alkyl halides is 3. The van der Waals surface area contributed by atoms with Gasteiger partial charge in [-0.15, -0.1) is 5.10 Å². The molecular formula is C16H11F3N4OS. The number of rotatable bonds is 3. The number of amides is 1. The van der Waals surface area contributed by atoms with Crippen molar-refractivity contribution in [1.82, 2.24) is 10.3 Å². The maximum Gasteiger partial charge on any atom is 0.418 e. The zero-order chi connectivity index (χ0) is 17.9. The van der Waals surface area contributed by atoms with Gasteiger partial charge in [-0.25, -0.2) is 0 Å². The van der Waals surface area contributed by atoms with Crippen molar-refractivity contribution in [2.24, 2.45) is 10.2 Å². The monoisotopic (exact) mass is 364 g/mol. The number of amidine groups is 1. The summed E-state index contributed by atoms with van der Waals surface area (Å²) in [4.78, 5) is 14.9. The Labute approximate surface area is 145 Å². The molecule has 0 aliphatic carbocycles. The van der Waals surface area contributed by atoms with Crippen molar-refractivity contribution in [1.29, 1.82) is 0 Å². The highest BCUT2D eigenvalue weighted by atomic mass is 32.2. The van der Waals surface area contributed by atoms with Crippen LogP contribution >= 0.6 is 11.8 Å². The third kappa shape index (κ3) is 4.24. The lowest BCUT2D eigenvalue weighted by molar-refractivity contribution is -0.137. The average Bonchev–Trinajstić information content (AvgIpc) is 3.00. The van der Waals surface area contributed by atoms with Gasteiger partial charge >= 0.3 is 6.18 Å². The summed E-state index contributed by atoms with van der Waals surface area (Å²) in [7, 11) is 0. The third-order valence-electron chi connectivity index (χ3n) is 3.24. The van der Waals surface area contributed by atoms with Crippen LogP contribution in [0, 0.1) is 0 Å². The van der Waals surface area contributed by atoms with E-state index >= 15 is 0 Å². The second kappa shape index (κ2) is 7.06. The molecule has 1 saturated heterocycles. The van der Waals surface area contributed by atoms with E-state index in [9.17, 15) is 18.0 Å². The molecule has 1 fully saturated rings. The first-order chi connectivity index (χ1) is 11.9. The molecule has 2 heterocycles. The van der Waals surface area contributed by atoms with Gasteiger partial charge in [0.25, 0.3) is 0 Å². The first-order valence-electron chi connectivity index (χ1n) is 7.10. The fourth-order valence-corrected chi connectivity index (χ4v) is 2.75. The molecule has 0 saturated carbocycles. The van der Waals surface area contributed by atoms with Gasteiger partial charge in [0.2, 0.25) is 5.91 Å². The van der Waals surface area contributed by atoms with Crippen LogP contribution in [0.25, 0.3) is 11.3 Å². The van der Waals surface area contributed by atoms with Gasteiger partial charge in [0.15, 0.2) is 5.17 Å². The van der Waals surface area contributed by atoms with Gasteiger partial charge in [0.05, 0.1) is 23.2 Å². The van der Waals surface area contributed by atoms with E-state index in [4.69, 9.17) is 0 Å². The second-order valence-electron chi connectivity index (χ2n) is 5.01. The Kier molecular flexibility index (Phi) is 4.84. The summed E-state index contributed by atoms with van der Waals surface area (Å²) >= 11 is 1.25. The molecule has 0 spiro atoms. The van der Waals surface area contributed by atoms with Crippen LogP contribution in [0.4, 0.5) is 13.2 Å². The number of halogens is 3. The fraction of sp³-hybridized carbons (Fsp3) is 0.125. The zero-order valence-corrected chi connectivity index (χ0v) is 13.4. The van der Waals surface area contributed by atoms with Crippen molar-refractivity contribution in [3.63, 3.8) is 0 Å². The van der Waals surface area contributed by atoms with Crippen LogP contribution < -0.4 is 5.32 Å². The number of hydrogen-bond acceptors (Lipinski definition) is 5. The number of carbonyl (C=O) groups excluding carboxylic acids is 1. The van der Waals surface area contributed by atoms with Crippen molar-refractivity contribution in [2.75, 3.05) is 5.75 Å². The van der Waals surface area contributed by atoms with Crippen LogP contribution in [0.3, 0.4) is 0 Å². The molecule has 2 aromatic rings. The molecular weight excluding hydrogens is 353 g/mol. The summed E-state index contributed by atoms with van der Waals surface area (Å²) in [5.41, 5.74) is 0.113. The number of thioether (sulfide) groups is 1. The molecule has 0 radical (unpaired) electrons. The molecule has 0 atom stereocenters. The van der Waals surface area contributed by atoms with E-state index in [-0.39, 0.29) is 11.6 Å². The third-order valence-corrected chi connectivity index (χ3v) is 4.10. The minimum atomic E-state index is -4.47. The van der Waals surface area contributed by atoms with Gasteiger partial charge < -0.3 is 5.32 Å². The average molecular weight is 364 g/mol. The zero-order valence-electron chi connectivity index (χ0n) is 12.6. The molecule has 1 aliphatic rings. The molecule has 0 unspecified atom stereocenters. The first kappa shape index (κ1) is 17.2. The highest BCUT2D eigenvalue weighted by molar-refractivity contribution is 8.15. The van der Waals surface area contributed by atoms with Crippen molar-refractivity contribution in [2.45, 2.75) is 6.18 Å². The van der Waals surface area contributed by atoms with Crippen LogP contribution in [0.2, 0.25) is 0 Å². The molecule has 1 amide bonds. The van der Waals surface area contributed by atoms with E-state index in [1.54, 1.807) is 12.1 Å². The Hall–Kier alpha value is -2.68. The highest BCUT2D eigenvalue weighted by Gasteiger charge is 2.34. The van der Waals surface area contributed by atoms with Gasteiger partial charge in [-0.1, -0.05) is 36.0 Å². The molecule has 1 aliphatic heterocycles. The number of benzene rings is 1. The number of aromatic nitrogens is 1. The van der Waals surface area contributed by atoms with Crippen molar-refractivity contribution >= 4 is 29.1 Å². The summed E-state index contributed by atoms with van der Waals surface area (Å²) in [5.74, 6) is 0.188. The van der Waals surface area contributed by atoms with Crippen molar-refractivity contribution in [3.05, 3.63) is 53.7 Å². The molecule has 5 nitrogen and oxygen atoms in total. The topological polar surface area (TPSA) is 66.7 Å². The van der Waals surface area contributed by atoms with E-state index in [1.165, 1.54) is 42.4 Å². The van der Waals surface area contributed by atoms with Gasteiger partial charge in [-0.2, -0.15) is 18.3 Å². The SMILES string of the molecule is O=C1CSC(=NN=Cc2ccc(-c3ncccc3C(F)(F)F)cc2)N1. The molecule has 9 heteroatoms. The predicted molar refractivity (Wildman–Crippen MR) is 90.3 cm³/mol. The summed E-state index contributed by atoms with van der Waals surface area (Å²) in [6.45, 7) is 0. The van der Waals surface area contributed by atoms with Crippen LogP contribution in [0.1, 0.15) is 11.1 Å². The minimum absolute atomic E-state index is 0.121. The Morgan fingerprint density at radius 1 is 1.20 bits per heavy atom. The van der Waals surface area contributed by atoms with E-state index in [2.05, 4.69) is 20.5 Å².